The molecule has 0 aromatic heterocycles. The summed E-state index contributed by atoms with van der Waals surface area (Å²) in [7, 11) is 1.52. The van der Waals surface area contributed by atoms with E-state index in [0.717, 1.165) is 0 Å². The normalized spacial score (nSPS) is 10.8. The zero-order chi connectivity index (χ0) is 8.78. The van der Waals surface area contributed by atoms with Crippen LogP contribution in [0, 0.1) is 0 Å². The Hall–Kier alpha value is -0.180. The summed E-state index contributed by atoms with van der Waals surface area (Å²) in [6, 6.07) is 0. The second-order valence-electron chi connectivity index (χ2n) is 2.27. The van der Waals surface area contributed by atoms with Gasteiger partial charge in [0.1, 0.15) is 0 Å². The molecule has 0 radical (unpaired) electrons. The van der Waals surface area contributed by atoms with Crippen LogP contribution < -0.4 is 5.32 Å². The molecule has 0 amide bonds. The van der Waals surface area contributed by atoms with Crippen LogP contribution in [-0.2, 0) is 0 Å². The molecular weight excluding hydrogens is 136 g/mol. The monoisotopic (exact) mass is 153 g/mol. The molecule has 1 nitrogen and oxygen atoms in total. The van der Waals surface area contributed by atoms with Crippen LogP contribution in [0.15, 0.2) is 0 Å². The SMILES string of the molecule is CC.CNC(C)(C)C(F)F. The minimum Gasteiger partial charge on any atom is -0.310 e. The Labute approximate surface area is 61.8 Å². The van der Waals surface area contributed by atoms with Gasteiger partial charge in [-0.05, 0) is 20.9 Å². The van der Waals surface area contributed by atoms with E-state index in [0.29, 0.717) is 0 Å². The Morgan fingerprint density at radius 1 is 1.20 bits per heavy atom. The average molecular weight is 153 g/mol. The number of hydrogen-bond donors (Lipinski definition) is 1. The molecule has 0 fully saturated rings. The highest BCUT2D eigenvalue weighted by molar-refractivity contribution is 4.77. The summed E-state index contributed by atoms with van der Waals surface area (Å²) < 4.78 is 23.5. The van der Waals surface area contributed by atoms with E-state index in [1.54, 1.807) is 0 Å². The maximum atomic E-state index is 11.8. The predicted molar refractivity (Wildman–Crippen MR) is 40.5 cm³/mol. The molecule has 0 atom stereocenters. The van der Waals surface area contributed by atoms with Crippen molar-refractivity contribution in [2.75, 3.05) is 7.05 Å². The molecule has 64 valence electrons. The molecule has 1 N–H and O–H groups in total. The van der Waals surface area contributed by atoms with Crippen molar-refractivity contribution in [2.45, 2.75) is 39.7 Å². The first-order valence-corrected chi connectivity index (χ1v) is 3.48. The third kappa shape index (κ3) is 4.68. The molecule has 10 heavy (non-hydrogen) atoms. The van der Waals surface area contributed by atoms with Crippen LogP contribution in [0.3, 0.4) is 0 Å². The molecule has 0 rings (SSSR count). The zero-order valence-electron chi connectivity index (χ0n) is 7.33. The lowest BCUT2D eigenvalue weighted by Gasteiger charge is -2.21. The predicted octanol–water partition coefficient (Wildman–Crippen LogP) is 2.28. The molecule has 0 aliphatic heterocycles. The smallest absolute Gasteiger partial charge is 0.255 e. The van der Waals surface area contributed by atoms with Gasteiger partial charge in [-0.2, -0.15) is 0 Å². The summed E-state index contributed by atoms with van der Waals surface area (Å²) in [5.74, 6) is 0. The Bertz CT molecular complexity index is 72.0. The van der Waals surface area contributed by atoms with E-state index in [1.165, 1.54) is 20.9 Å². The van der Waals surface area contributed by atoms with Crippen LogP contribution in [0.2, 0.25) is 0 Å². The van der Waals surface area contributed by atoms with Crippen LogP contribution in [0.5, 0.6) is 0 Å². The number of halogens is 2. The third-order valence-electron chi connectivity index (χ3n) is 1.19. The van der Waals surface area contributed by atoms with Crippen molar-refractivity contribution in [2.24, 2.45) is 0 Å². The largest absolute Gasteiger partial charge is 0.310 e. The summed E-state index contributed by atoms with van der Waals surface area (Å²) >= 11 is 0. The van der Waals surface area contributed by atoms with Gasteiger partial charge in [-0.1, -0.05) is 13.8 Å². The summed E-state index contributed by atoms with van der Waals surface area (Å²) in [5, 5.41) is 2.49. The Morgan fingerprint density at radius 2 is 1.50 bits per heavy atom. The van der Waals surface area contributed by atoms with Gasteiger partial charge in [-0.15, -0.1) is 0 Å². The van der Waals surface area contributed by atoms with Gasteiger partial charge in [-0.25, -0.2) is 8.78 Å². The van der Waals surface area contributed by atoms with Crippen molar-refractivity contribution in [1.29, 1.82) is 0 Å². The highest BCUT2D eigenvalue weighted by atomic mass is 19.3. The van der Waals surface area contributed by atoms with E-state index in [1.807, 2.05) is 13.8 Å². The standard InChI is InChI=1S/C5H11F2N.C2H6/c1-5(2,8-3)4(6)7;1-2/h4,8H,1-3H3;1-2H3. The van der Waals surface area contributed by atoms with Crippen molar-refractivity contribution >= 4 is 0 Å². The highest BCUT2D eigenvalue weighted by Gasteiger charge is 2.26. The van der Waals surface area contributed by atoms with E-state index in [-0.39, 0.29) is 0 Å². The van der Waals surface area contributed by atoms with Gasteiger partial charge in [0.25, 0.3) is 6.43 Å². The van der Waals surface area contributed by atoms with Crippen LogP contribution >= 0.6 is 0 Å². The second-order valence-corrected chi connectivity index (χ2v) is 2.27. The van der Waals surface area contributed by atoms with Crippen molar-refractivity contribution in [1.82, 2.24) is 5.32 Å². The maximum absolute atomic E-state index is 11.8. The van der Waals surface area contributed by atoms with Crippen molar-refractivity contribution in [3.05, 3.63) is 0 Å². The summed E-state index contributed by atoms with van der Waals surface area (Å²) in [4.78, 5) is 0. The average Bonchev–Trinajstić information content (AvgIpc) is 1.92. The lowest BCUT2D eigenvalue weighted by molar-refractivity contribution is 0.0559. The van der Waals surface area contributed by atoms with E-state index in [2.05, 4.69) is 5.32 Å². The van der Waals surface area contributed by atoms with Crippen molar-refractivity contribution in [3.63, 3.8) is 0 Å². The van der Waals surface area contributed by atoms with E-state index < -0.39 is 12.0 Å². The molecular formula is C7H17F2N. The molecule has 3 heteroatoms. The molecule has 0 saturated carbocycles. The zero-order valence-corrected chi connectivity index (χ0v) is 7.33. The fraction of sp³-hybridized carbons (Fsp3) is 1.00. The molecule has 0 heterocycles. The lowest BCUT2D eigenvalue weighted by atomic mass is 10.1. The van der Waals surface area contributed by atoms with Crippen LogP contribution in [-0.4, -0.2) is 19.0 Å². The molecule has 0 aromatic carbocycles. The molecule has 0 saturated heterocycles. The van der Waals surface area contributed by atoms with Gasteiger partial charge < -0.3 is 5.32 Å². The molecule has 0 aliphatic rings. The van der Waals surface area contributed by atoms with Crippen LogP contribution in [0.25, 0.3) is 0 Å². The number of rotatable bonds is 2. The number of hydrogen-bond acceptors (Lipinski definition) is 1. The second kappa shape index (κ2) is 5.59. The van der Waals surface area contributed by atoms with Crippen molar-refractivity contribution in [3.8, 4) is 0 Å². The quantitative estimate of drug-likeness (QED) is 0.641. The Kier molecular flexibility index (Phi) is 6.99. The van der Waals surface area contributed by atoms with Gasteiger partial charge in [0, 0.05) is 0 Å². The fourth-order valence-electron chi connectivity index (χ4n) is 0.109. The number of alkyl halides is 2. The molecule has 0 bridgehead atoms. The minimum absolute atomic E-state index is 1.04. The Morgan fingerprint density at radius 3 is 1.50 bits per heavy atom. The van der Waals surface area contributed by atoms with Gasteiger partial charge in [0.15, 0.2) is 0 Å². The molecule has 0 aliphatic carbocycles. The van der Waals surface area contributed by atoms with E-state index in [9.17, 15) is 8.78 Å². The van der Waals surface area contributed by atoms with Gasteiger partial charge >= 0.3 is 0 Å². The first-order chi connectivity index (χ1) is 4.50. The lowest BCUT2D eigenvalue weighted by Crippen LogP contribution is -2.43. The third-order valence-corrected chi connectivity index (χ3v) is 1.19. The van der Waals surface area contributed by atoms with Crippen LogP contribution in [0.1, 0.15) is 27.7 Å². The topological polar surface area (TPSA) is 12.0 Å². The first-order valence-electron chi connectivity index (χ1n) is 3.48. The summed E-state index contributed by atoms with van der Waals surface area (Å²) in [6.07, 6.45) is -2.30. The number of nitrogens with one attached hydrogen (secondary N) is 1. The Balaban J connectivity index is 0. The molecule has 0 spiro atoms. The van der Waals surface area contributed by atoms with Gasteiger partial charge in [-0.3, -0.25) is 0 Å². The van der Waals surface area contributed by atoms with Gasteiger partial charge in [0.2, 0.25) is 0 Å². The molecule has 0 unspecified atom stereocenters. The van der Waals surface area contributed by atoms with E-state index >= 15 is 0 Å². The maximum Gasteiger partial charge on any atom is 0.255 e. The fourth-order valence-corrected chi connectivity index (χ4v) is 0.109. The highest BCUT2D eigenvalue weighted by Crippen LogP contribution is 2.12. The van der Waals surface area contributed by atoms with Crippen molar-refractivity contribution < 1.29 is 8.78 Å². The van der Waals surface area contributed by atoms with E-state index in [4.69, 9.17) is 0 Å². The van der Waals surface area contributed by atoms with Gasteiger partial charge in [0.05, 0.1) is 5.54 Å². The first kappa shape index (κ1) is 12.5. The molecule has 0 aromatic rings. The summed E-state index contributed by atoms with van der Waals surface area (Å²) in [6.45, 7) is 6.91. The summed E-state index contributed by atoms with van der Waals surface area (Å²) in [5.41, 5.74) is -1.04. The van der Waals surface area contributed by atoms with Crippen LogP contribution in [0.4, 0.5) is 8.78 Å². The minimum atomic E-state index is -2.30.